The van der Waals surface area contributed by atoms with Crippen molar-refractivity contribution in [2.75, 3.05) is 32.8 Å². The normalized spacial score (nSPS) is 19.0. The van der Waals surface area contributed by atoms with E-state index in [1.807, 2.05) is 23.1 Å². The van der Waals surface area contributed by atoms with Crippen LogP contribution in [0.4, 0.5) is 0 Å². The summed E-state index contributed by atoms with van der Waals surface area (Å²) in [6.07, 6.45) is 5.31. The van der Waals surface area contributed by atoms with Crippen molar-refractivity contribution in [1.82, 2.24) is 19.8 Å². The van der Waals surface area contributed by atoms with E-state index in [4.69, 9.17) is 4.74 Å². The summed E-state index contributed by atoms with van der Waals surface area (Å²) in [5.41, 5.74) is 1.90. The summed E-state index contributed by atoms with van der Waals surface area (Å²) >= 11 is 0. The molecule has 3 heterocycles. The number of rotatable bonds is 8. The van der Waals surface area contributed by atoms with Crippen molar-refractivity contribution in [3.05, 3.63) is 76.3 Å². The molecule has 0 spiro atoms. The van der Waals surface area contributed by atoms with Crippen LogP contribution in [0.5, 0.6) is 0 Å². The Morgan fingerprint density at radius 1 is 1.06 bits per heavy atom. The number of para-hydroxylation sites is 1. The van der Waals surface area contributed by atoms with E-state index in [2.05, 4.69) is 45.2 Å². The summed E-state index contributed by atoms with van der Waals surface area (Å²) in [7, 11) is 0. The maximum Gasteiger partial charge on any atom is 0.258 e. The molecule has 0 radical (unpaired) electrons. The Bertz CT molecular complexity index is 1180. The molecule has 2 saturated heterocycles. The zero-order valence-corrected chi connectivity index (χ0v) is 20.2. The van der Waals surface area contributed by atoms with Crippen LogP contribution >= 0.6 is 0 Å². The Morgan fingerprint density at radius 2 is 1.83 bits per heavy atom. The van der Waals surface area contributed by atoms with Gasteiger partial charge in [-0.05, 0) is 55.7 Å². The van der Waals surface area contributed by atoms with Gasteiger partial charge in [-0.3, -0.25) is 14.5 Å². The summed E-state index contributed by atoms with van der Waals surface area (Å²) < 4.78 is 5.85. The lowest BCUT2D eigenvalue weighted by Gasteiger charge is -2.34. The second-order valence-electron chi connectivity index (χ2n) is 9.85. The number of hydrogen-bond acceptors (Lipinski definition) is 5. The van der Waals surface area contributed by atoms with Crippen molar-refractivity contribution in [1.29, 1.82) is 0 Å². The number of nitrogens with zero attached hydrogens (tertiary/aromatic N) is 3. The van der Waals surface area contributed by atoms with E-state index >= 15 is 0 Å². The molecule has 7 heteroatoms. The number of likely N-dealkylation sites (tertiary alicyclic amines) is 1. The number of amides is 1. The number of carbonyl (C=O) groups is 1. The number of fused-ring (bicyclic) bond motifs is 1. The van der Waals surface area contributed by atoms with Crippen molar-refractivity contribution in [3.63, 3.8) is 0 Å². The first kappa shape index (κ1) is 23.7. The summed E-state index contributed by atoms with van der Waals surface area (Å²) in [5, 5.41) is 0.580. The molecule has 0 bridgehead atoms. The fraction of sp³-hybridized carbons (Fsp3) is 0.464. The molecule has 0 unspecified atom stereocenters. The van der Waals surface area contributed by atoms with E-state index in [0.717, 1.165) is 51.8 Å². The zero-order chi connectivity index (χ0) is 24.0. The molecule has 3 aromatic rings. The number of benzene rings is 2. The van der Waals surface area contributed by atoms with Crippen molar-refractivity contribution in [2.24, 2.45) is 5.92 Å². The maximum absolute atomic E-state index is 13.3. The van der Waals surface area contributed by atoms with Gasteiger partial charge in [-0.15, -0.1) is 0 Å². The average Bonchev–Trinajstić information content (AvgIpc) is 3.38. The molecule has 184 valence electrons. The third kappa shape index (κ3) is 6.16. The predicted octanol–water partition coefficient (Wildman–Crippen LogP) is 3.39. The predicted molar refractivity (Wildman–Crippen MR) is 136 cm³/mol. The Labute approximate surface area is 206 Å². The van der Waals surface area contributed by atoms with Crippen LogP contribution in [-0.4, -0.2) is 64.6 Å². The molecule has 2 aromatic carbocycles. The first-order chi connectivity index (χ1) is 17.1. The zero-order valence-electron chi connectivity index (χ0n) is 20.2. The lowest BCUT2D eigenvalue weighted by atomic mass is 9.90. The van der Waals surface area contributed by atoms with Gasteiger partial charge < -0.3 is 14.6 Å². The first-order valence-corrected chi connectivity index (χ1v) is 12.8. The van der Waals surface area contributed by atoms with Gasteiger partial charge in [0.1, 0.15) is 5.82 Å². The van der Waals surface area contributed by atoms with Gasteiger partial charge in [0.2, 0.25) is 5.91 Å². The van der Waals surface area contributed by atoms with Crippen LogP contribution in [0, 0.1) is 5.92 Å². The van der Waals surface area contributed by atoms with E-state index < -0.39 is 0 Å². The summed E-state index contributed by atoms with van der Waals surface area (Å²) in [5.74, 6) is 1.35. The fourth-order valence-electron chi connectivity index (χ4n) is 5.31. The number of H-pyrrole nitrogens is 1. The molecule has 7 nitrogen and oxygen atoms in total. The number of piperidine rings is 1. The van der Waals surface area contributed by atoms with E-state index in [-0.39, 0.29) is 17.6 Å². The van der Waals surface area contributed by atoms with E-state index in [1.165, 1.54) is 5.56 Å². The molecule has 1 aromatic heterocycles. The molecule has 0 saturated carbocycles. The van der Waals surface area contributed by atoms with Crippen molar-refractivity contribution >= 4 is 16.8 Å². The van der Waals surface area contributed by atoms with Gasteiger partial charge in [0.05, 0.1) is 30.1 Å². The van der Waals surface area contributed by atoms with Crippen LogP contribution in [0.3, 0.4) is 0 Å². The fourth-order valence-corrected chi connectivity index (χ4v) is 5.31. The number of ether oxygens (including phenoxy) is 1. The van der Waals surface area contributed by atoms with Gasteiger partial charge in [0.15, 0.2) is 0 Å². The highest BCUT2D eigenvalue weighted by Crippen LogP contribution is 2.22. The molecular weight excluding hydrogens is 440 g/mol. The standard InChI is InChI=1S/C28H34N4O3/c33-27(32-14-12-22(13-15-32)17-21-7-2-1-3-8-21)20-31(18-23-9-6-16-35-23)19-26-29-25-11-5-4-10-24(25)28(34)30-26/h1-5,7-8,10-11,22-23H,6,9,12-20H2,(H,29,30,34)/t23-/m0/s1. The molecule has 2 aliphatic rings. The maximum atomic E-state index is 13.3. The third-order valence-electron chi connectivity index (χ3n) is 7.21. The monoisotopic (exact) mass is 474 g/mol. The smallest absolute Gasteiger partial charge is 0.258 e. The van der Waals surface area contributed by atoms with Gasteiger partial charge in [-0.2, -0.15) is 0 Å². The van der Waals surface area contributed by atoms with Crippen LogP contribution in [0.15, 0.2) is 59.4 Å². The van der Waals surface area contributed by atoms with E-state index in [1.54, 1.807) is 6.07 Å². The minimum Gasteiger partial charge on any atom is -0.377 e. The van der Waals surface area contributed by atoms with Gasteiger partial charge in [-0.1, -0.05) is 42.5 Å². The Balaban J connectivity index is 1.22. The molecular formula is C28H34N4O3. The quantitative estimate of drug-likeness (QED) is 0.542. The molecule has 1 N–H and O–H groups in total. The Hall–Kier alpha value is -3.03. The number of aromatic amines is 1. The first-order valence-electron chi connectivity index (χ1n) is 12.8. The average molecular weight is 475 g/mol. The van der Waals surface area contributed by atoms with Gasteiger partial charge >= 0.3 is 0 Å². The van der Waals surface area contributed by atoms with Crippen molar-refractivity contribution in [3.8, 4) is 0 Å². The Morgan fingerprint density at radius 3 is 2.60 bits per heavy atom. The second-order valence-corrected chi connectivity index (χ2v) is 9.85. The molecule has 2 aliphatic heterocycles. The highest BCUT2D eigenvalue weighted by atomic mass is 16.5. The lowest BCUT2D eigenvalue weighted by Crippen LogP contribution is -2.46. The van der Waals surface area contributed by atoms with Crippen molar-refractivity contribution in [2.45, 2.75) is 44.8 Å². The molecule has 1 atom stereocenters. The summed E-state index contributed by atoms with van der Waals surface area (Å²) in [4.78, 5) is 37.5. The van der Waals surface area contributed by atoms with Crippen LogP contribution in [-0.2, 0) is 22.5 Å². The lowest BCUT2D eigenvalue weighted by molar-refractivity contribution is -0.134. The topological polar surface area (TPSA) is 78.5 Å². The summed E-state index contributed by atoms with van der Waals surface area (Å²) in [6, 6.07) is 18.0. The van der Waals surface area contributed by atoms with E-state index in [0.29, 0.717) is 42.3 Å². The number of carbonyl (C=O) groups excluding carboxylic acids is 1. The minimum atomic E-state index is -0.144. The highest BCUT2D eigenvalue weighted by Gasteiger charge is 2.27. The molecule has 1 amide bonds. The van der Waals surface area contributed by atoms with Crippen LogP contribution < -0.4 is 5.56 Å². The van der Waals surface area contributed by atoms with Crippen LogP contribution in [0.25, 0.3) is 10.9 Å². The van der Waals surface area contributed by atoms with E-state index in [9.17, 15) is 9.59 Å². The second kappa shape index (κ2) is 11.1. The number of aromatic nitrogens is 2. The molecule has 0 aliphatic carbocycles. The van der Waals surface area contributed by atoms with Crippen molar-refractivity contribution < 1.29 is 9.53 Å². The molecule has 2 fully saturated rings. The number of hydrogen-bond donors (Lipinski definition) is 1. The molecule has 35 heavy (non-hydrogen) atoms. The van der Waals surface area contributed by atoms with Gasteiger partial charge in [0.25, 0.3) is 5.56 Å². The van der Waals surface area contributed by atoms with Gasteiger partial charge in [-0.25, -0.2) is 4.98 Å². The molecule has 5 rings (SSSR count). The highest BCUT2D eigenvalue weighted by molar-refractivity contribution is 5.78. The van der Waals surface area contributed by atoms with Crippen LogP contribution in [0.2, 0.25) is 0 Å². The minimum absolute atomic E-state index is 0.117. The van der Waals surface area contributed by atoms with Gasteiger partial charge in [0, 0.05) is 26.2 Å². The SMILES string of the molecule is O=C(CN(Cc1nc2ccccc2c(=O)[nH]1)C[C@@H]1CCCO1)N1CCC(Cc2ccccc2)CC1. The Kier molecular flexibility index (Phi) is 7.54. The van der Waals surface area contributed by atoms with Crippen LogP contribution in [0.1, 0.15) is 37.1 Å². The summed E-state index contributed by atoms with van der Waals surface area (Å²) in [6.45, 7) is 3.75. The largest absolute Gasteiger partial charge is 0.377 e. The third-order valence-corrected chi connectivity index (χ3v) is 7.21. The number of nitrogens with one attached hydrogen (secondary N) is 1.